The second-order valence-corrected chi connectivity index (χ2v) is 5.83. The summed E-state index contributed by atoms with van der Waals surface area (Å²) in [6.45, 7) is 2.08. The van der Waals surface area contributed by atoms with E-state index in [0.717, 1.165) is 31.2 Å². The maximum atomic E-state index is 9.67. The molecule has 1 aliphatic carbocycles. The van der Waals surface area contributed by atoms with E-state index < -0.39 is 0 Å². The number of rotatable bonds is 3. The van der Waals surface area contributed by atoms with Crippen molar-refractivity contribution in [3.63, 3.8) is 0 Å². The zero-order valence-electron chi connectivity index (χ0n) is 10.5. The van der Waals surface area contributed by atoms with E-state index in [9.17, 15) is 5.11 Å². The van der Waals surface area contributed by atoms with E-state index in [4.69, 9.17) is 23.2 Å². The molecule has 1 aromatic carbocycles. The van der Waals surface area contributed by atoms with Crippen LogP contribution in [0.3, 0.4) is 0 Å². The first-order valence-corrected chi connectivity index (χ1v) is 7.21. The molecule has 2 N–H and O–H groups in total. The van der Waals surface area contributed by atoms with Gasteiger partial charge in [0.05, 0.1) is 16.1 Å². The third kappa shape index (κ3) is 3.39. The van der Waals surface area contributed by atoms with Crippen LogP contribution in [0, 0.1) is 0 Å². The van der Waals surface area contributed by atoms with E-state index in [1.54, 1.807) is 6.07 Å². The Morgan fingerprint density at radius 3 is 2.83 bits per heavy atom. The van der Waals surface area contributed by atoms with Gasteiger partial charge in [-0.25, -0.2) is 0 Å². The van der Waals surface area contributed by atoms with E-state index in [-0.39, 0.29) is 12.1 Å². The quantitative estimate of drug-likeness (QED) is 0.882. The van der Waals surface area contributed by atoms with Gasteiger partial charge in [-0.05, 0) is 44.2 Å². The van der Waals surface area contributed by atoms with Crippen LogP contribution in [0.4, 0.5) is 0 Å². The van der Waals surface area contributed by atoms with Crippen LogP contribution < -0.4 is 5.32 Å². The first-order chi connectivity index (χ1) is 8.58. The van der Waals surface area contributed by atoms with Crippen LogP contribution in [0.1, 0.15) is 44.2 Å². The Morgan fingerprint density at radius 1 is 1.33 bits per heavy atom. The van der Waals surface area contributed by atoms with Gasteiger partial charge in [-0.3, -0.25) is 0 Å². The lowest BCUT2D eigenvalue weighted by Gasteiger charge is -2.30. The molecule has 0 bridgehead atoms. The number of halogens is 2. The van der Waals surface area contributed by atoms with E-state index in [1.807, 2.05) is 12.1 Å². The van der Waals surface area contributed by atoms with E-state index in [0.29, 0.717) is 16.1 Å². The lowest BCUT2D eigenvalue weighted by atomic mass is 9.92. The molecule has 100 valence electrons. The fourth-order valence-electron chi connectivity index (χ4n) is 2.61. The number of aliphatic hydroxyl groups excluding tert-OH is 1. The van der Waals surface area contributed by atoms with Crippen molar-refractivity contribution < 1.29 is 5.11 Å². The van der Waals surface area contributed by atoms with Gasteiger partial charge in [0.25, 0.3) is 0 Å². The van der Waals surface area contributed by atoms with Crippen LogP contribution in [0.25, 0.3) is 0 Å². The molecule has 3 unspecified atom stereocenters. The lowest BCUT2D eigenvalue weighted by Crippen LogP contribution is -2.37. The SMILES string of the molecule is CC(NC1CCCC(O)C1)c1cccc(Cl)c1Cl. The largest absolute Gasteiger partial charge is 0.393 e. The molecule has 0 spiro atoms. The summed E-state index contributed by atoms with van der Waals surface area (Å²) in [6.07, 6.45) is 3.76. The average Bonchev–Trinajstić information content (AvgIpc) is 2.32. The number of benzene rings is 1. The minimum Gasteiger partial charge on any atom is -0.393 e. The minimum absolute atomic E-state index is 0.145. The summed E-state index contributed by atoms with van der Waals surface area (Å²) in [5, 5.41) is 14.4. The maximum Gasteiger partial charge on any atom is 0.0639 e. The normalized spacial score (nSPS) is 26.0. The molecule has 3 atom stereocenters. The van der Waals surface area contributed by atoms with Crippen molar-refractivity contribution in [1.82, 2.24) is 5.32 Å². The van der Waals surface area contributed by atoms with Crippen LogP contribution in [0.2, 0.25) is 10.0 Å². The molecule has 1 saturated carbocycles. The summed E-state index contributed by atoms with van der Waals surface area (Å²) in [6, 6.07) is 6.21. The monoisotopic (exact) mass is 287 g/mol. The Hall–Kier alpha value is -0.280. The highest BCUT2D eigenvalue weighted by atomic mass is 35.5. The number of aliphatic hydroxyl groups is 1. The first kappa shape index (κ1) is 14.1. The van der Waals surface area contributed by atoms with Crippen molar-refractivity contribution in [3.05, 3.63) is 33.8 Å². The molecule has 1 aliphatic rings. The van der Waals surface area contributed by atoms with Crippen LogP contribution in [-0.2, 0) is 0 Å². The maximum absolute atomic E-state index is 9.67. The van der Waals surface area contributed by atoms with Crippen LogP contribution in [-0.4, -0.2) is 17.3 Å². The average molecular weight is 288 g/mol. The third-order valence-electron chi connectivity index (χ3n) is 3.58. The summed E-state index contributed by atoms with van der Waals surface area (Å²) in [5.74, 6) is 0. The molecular formula is C14H19Cl2NO. The van der Waals surface area contributed by atoms with Gasteiger partial charge in [0.2, 0.25) is 0 Å². The van der Waals surface area contributed by atoms with E-state index >= 15 is 0 Å². The molecule has 0 amide bonds. The van der Waals surface area contributed by atoms with Gasteiger partial charge >= 0.3 is 0 Å². The molecular weight excluding hydrogens is 269 g/mol. The summed E-state index contributed by atoms with van der Waals surface area (Å²) >= 11 is 12.2. The van der Waals surface area contributed by atoms with Gasteiger partial charge in [-0.15, -0.1) is 0 Å². The number of hydrogen-bond acceptors (Lipinski definition) is 2. The molecule has 0 radical (unpaired) electrons. The minimum atomic E-state index is -0.168. The van der Waals surface area contributed by atoms with Crippen molar-refractivity contribution >= 4 is 23.2 Å². The number of hydrogen-bond donors (Lipinski definition) is 2. The Kier molecular flexibility index (Phi) is 4.91. The predicted molar refractivity (Wildman–Crippen MR) is 76.3 cm³/mol. The topological polar surface area (TPSA) is 32.3 Å². The van der Waals surface area contributed by atoms with Gasteiger partial charge in [0.15, 0.2) is 0 Å². The summed E-state index contributed by atoms with van der Waals surface area (Å²) < 4.78 is 0. The van der Waals surface area contributed by atoms with Crippen LogP contribution in [0.15, 0.2) is 18.2 Å². The Bertz CT molecular complexity index is 411. The van der Waals surface area contributed by atoms with Crippen molar-refractivity contribution in [2.24, 2.45) is 0 Å². The molecule has 0 heterocycles. The molecule has 1 fully saturated rings. The van der Waals surface area contributed by atoms with Crippen molar-refractivity contribution in [2.75, 3.05) is 0 Å². The summed E-state index contributed by atoms with van der Waals surface area (Å²) in [5.41, 5.74) is 1.02. The standard InChI is InChI=1S/C14H19Cl2NO/c1-9(12-6-3-7-13(15)14(12)16)17-10-4-2-5-11(18)8-10/h3,6-7,9-11,17-18H,2,4-5,8H2,1H3. The number of nitrogens with one attached hydrogen (secondary N) is 1. The van der Waals surface area contributed by atoms with Crippen LogP contribution >= 0.6 is 23.2 Å². The predicted octanol–water partition coefficient (Wildman–Crippen LogP) is 3.95. The van der Waals surface area contributed by atoms with Crippen molar-refractivity contribution in [1.29, 1.82) is 0 Å². The Labute approximate surface area is 118 Å². The zero-order valence-corrected chi connectivity index (χ0v) is 12.0. The molecule has 2 nitrogen and oxygen atoms in total. The fourth-order valence-corrected chi connectivity index (χ4v) is 3.09. The van der Waals surface area contributed by atoms with Crippen molar-refractivity contribution in [2.45, 2.75) is 50.8 Å². The highest BCUT2D eigenvalue weighted by Crippen LogP contribution is 2.31. The van der Waals surface area contributed by atoms with Crippen molar-refractivity contribution in [3.8, 4) is 0 Å². The van der Waals surface area contributed by atoms with Crippen LogP contribution in [0.5, 0.6) is 0 Å². The summed E-state index contributed by atoms with van der Waals surface area (Å²) in [7, 11) is 0. The molecule has 0 saturated heterocycles. The highest BCUT2D eigenvalue weighted by Gasteiger charge is 2.22. The Morgan fingerprint density at radius 2 is 2.11 bits per heavy atom. The second kappa shape index (κ2) is 6.25. The van der Waals surface area contributed by atoms with Gasteiger partial charge in [0.1, 0.15) is 0 Å². The molecule has 18 heavy (non-hydrogen) atoms. The third-order valence-corrected chi connectivity index (χ3v) is 4.41. The Balaban J connectivity index is 2.02. The van der Waals surface area contributed by atoms with E-state index in [2.05, 4.69) is 12.2 Å². The lowest BCUT2D eigenvalue weighted by molar-refractivity contribution is 0.109. The smallest absolute Gasteiger partial charge is 0.0639 e. The molecule has 2 rings (SSSR count). The van der Waals surface area contributed by atoms with Gasteiger partial charge in [-0.1, -0.05) is 35.3 Å². The fraction of sp³-hybridized carbons (Fsp3) is 0.571. The first-order valence-electron chi connectivity index (χ1n) is 6.46. The molecule has 0 aliphatic heterocycles. The molecule has 1 aromatic rings. The zero-order chi connectivity index (χ0) is 13.1. The highest BCUT2D eigenvalue weighted by molar-refractivity contribution is 6.42. The van der Waals surface area contributed by atoms with E-state index in [1.165, 1.54) is 0 Å². The molecule has 4 heteroatoms. The molecule has 0 aromatic heterocycles. The second-order valence-electron chi connectivity index (χ2n) is 5.05. The van der Waals surface area contributed by atoms with Gasteiger partial charge in [0, 0.05) is 12.1 Å². The van der Waals surface area contributed by atoms with Gasteiger partial charge in [-0.2, -0.15) is 0 Å². The van der Waals surface area contributed by atoms with Gasteiger partial charge < -0.3 is 10.4 Å². The summed E-state index contributed by atoms with van der Waals surface area (Å²) in [4.78, 5) is 0.